The van der Waals surface area contributed by atoms with E-state index >= 15 is 0 Å². The van der Waals surface area contributed by atoms with Crippen molar-refractivity contribution >= 4 is 34.5 Å². The number of nitrogens with zero attached hydrogens (tertiary/aromatic N) is 1. The van der Waals surface area contributed by atoms with E-state index in [1.165, 1.54) is 66.1 Å². The van der Waals surface area contributed by atoms with Crippen molar-refractivity contribution < 1.29 is 9.59 Å². The Morgan fingerprint density at radius 3 is 2.41 bits per heavy atom. The Morgan fingerprint density at radius 1 is 0.857 bits per heavy atom. The lowest BCUT2D eigenvalue weighted by molar-refractivity contribution is -0.122. The van der Waals surface area contributed by atoms with Crippen molar-refractivity contribution in [1.82, 2.24) is 19.9 Å². The summed E-state index contributed by atoms with van der Waals surface area (Å²) in [5.41, 5.74) is 6.09. The number of hydrogen-bond acceptors (Lipinski definition) is 4. The molecule has 4 N–H and O–H groups in total. The summed E-state index contributed by atoms with van der Waals surface area (Å²) in [5.74, 6) is -0.0341. The molecule has 49 heavy (non-hydrogen) atoms. The van der Waals surface area contributed by atoms with Gasteiger partial charge in [-0.1, -0.05) is 86.7 Å². The topological polar surface area (TPSA) is 129 Å². The van der Waals surface area contributed by atoms with E-state index < -0.39 is 16.8 Å². The van der Waals surface area contributed by atoms with Gasteiger partial charge in [-0.05, 0) is 72.6 Å². The molecule has 8 rings (SSSR count). The largest absolute Gasteiger partial charge is 0.338 e. The van der Waals surface area contributed by atoms with E-state index in [-0.39, 0.29) is 11.8 Å². The summed E-state index contributed by atoms with van der Waals surface area (Å²) < 4.78 is 2.38. The van der Waals surface area contributed by atoms with Crippen LogP contribution in [0.2, 0.25) is 0 Å². The number of hydrogen-bond donors (Lipinski definition) is 4. The Bertz CT molecular complexity index is 2230. The summed E-state index contributed by atoms with van der Waals surface area (Å²) in [4.78, 5) is 56.2. The van der Waals surface area contributed by atoms with Gasteiger partial charge in [0.15, 0.2) is 0 Å². The van der Waals surface area contributed by atoms with Crippen molar-refractivity contribution in [2.75, 3.05) is 5.32 Å². The summed E-state index contributed by atoms with van der Waals surface area (Å²) >= 11 is 0. The van der Waals surface area contributed by atoms with Gasteiger partial charge in [0.05, 0.1) is 11.3 Å². The van der Waals surface area contributed by atoms with Crippen molar-refractivity contribution in [2.45, 2.75) is 75.8 Å². The molecule has 248 valence electrons. The van der Waals surface area contributed by atoms with Gasteiger partial charge in [-0.25, -0.2) is 4.79 Å². The van der Waals surface area contributed by atoms with Gasteiger partial charge in [-0.15, -0.1) is 0 Å². The van der Waals surface area contributed by atoms with Gasteiger partial charge in [0.1, 0.15) is 5.54 Å². The van der Waals surface area contributed by atoms with Crippen LogP contribution in [0.25, 0.3) is 39.4 Å². The molecule has 0 unspecified atom stereocenters. The summed E-state index contributed by atoms with van der Waals surface area (Å²) in [7, 11) is 0. The molecule has 0 saturated heterocycles. The van der Waals surface area contributed by atoms with Crippen LogP contribution < -0.4 is 21.9 Å². The number of fused-ring (bicyclic) bond motifs is 5. The number of anilines is 1. The lowest BCUT2D eigenvalue weighted by atomic mass is 9.81. The molecule has 2 aromatic heterocycles. The number of amides is 2. The quantitative estimate of drug-likeness (QED) is 0.156. The molecule has 2 saturated carbocycles. The molecule has 9 nitrogen and oxygen atoms in total. The molecule has 0 spiro atoms. The number of benzene rings is 3. The van der Waals surface area contributed by atoms with Crippen LogP contribution in [0.5, 0.6) is 0 Å². The number of nitrogens with one attached hydrogen (secondary N) is 4. The van der Waals surface area contributed by atoms with Crippen LogP contribution in [0.15, 0.2) is 88.6 Å². The Kier molecular flexibility index (Phi) is 7.90. The highest BCUT2D eigenvalue weighted by Crippen LogP contribution is 2.46. The SMILES string of the molecule is O=C(NC1(C(=O)Nc2ccc(-c3c[nH]c(=O)[nH]c3=O)cc2)CCCC1)c1ccc2c(C3CCCCC3)c3n(c2c1)CC=Cc1ccccc1-3. The second kappa shape index (κ2) is 12.5. The van der Waals surface area contributed by atoms with E-state index in [9.17, 15) is 19.2 Å². The molecule has 2 amide bonds. The van der Waals surface area contributed by atoms with E-state index in [0.717, 1.165) is 24.9 Å². The molecule has 1 aliphatic heterocycles. The minimum Gasteiger partial charge on any atom is -0.338 e. The first-order chi connectivity index (χ1) is 23.9. The highest BCUT2D eigenvalue weighted by molar-refractivity contribution is 6.06. The third-order valence-electron chi connectivity index (χ3n) is 10.7. The first kappa shape index (κ1) is 30.9. The predicted octanol–water partition coefficient (Wildman–Crippen LogP) is 7.11. The first-order valence-corrected chi connectivity index (χ1v) is 17.4. The molecule has 5 aromatic rings. The first-order valence-electron chi connectivity index (χ1n) is 17.4. The smallest absolute Gasteiger partial charge is 0.325 e. The molecule has 0 atom stereocenters. The number of aromatic amines is 2. The fourth-order valence-corrected chi connectivity index (χ4v) is 8.23. The van der Waals surface area contributed by atoms with Gasteiger partial charge in [0.2, 0.25) is 5.91 Å². The number of H-pyrrole nitrogens is 2. The van der Waals surface area contributed by atoms with Crippen LogP contribution in [-0.2, 0) is 11.3 Å². The van der Waals surface area contributed by atoms with Crippen LogP contribution in [0.4, 0.5) is 5.69 Å². The third kappa shape index (κ3) is 5.63. The van der Waals surface area contributed by atoms with Crippen LogP contribution in [0, 0.1) is 0 Å². The minimum absolute atomic E-state index is 0.257. The normalized spacial score (nSPS) is 16.9. The summed E-state index contributed by atoms with van der Waals surface area (Å²) in [6.45, 7) is 0.722. The summed E-state index contributed by atoms with van der Waals surface area (Å²) in [6, 6.07) is 21.5. The second-order valence-electron chi connectivity index (χ2n) is 13.7. The third-order valence-corrected chi connectivity index (χ3v) is 10.7. The Balaban J connectivity index is 1.09. The van der Waals surface area contributed by atoms with Gasteiger partial charge < -0.3 is 20.2 Å². The Labute approximate surface area is 283 Å². The van der Waals surface area contributed by atoms with E-state index in [4.69, 9.17) is 0 Å². The molecule has 2 aliphatic carbocycles. The Hall–Kier alpha value is -5.44. The molecule has 0 bridgehead atoms. The predicted molar refractivity (Wildman–Crippen MR) is 193 cm³/mol. The van der Waals surface area contributed by atoms with E-state index in [1.807, 2.05) is 12.1 Å². The average molecular weight is 654 g/mol. The number of allylic oxidation sites excluding steroid dienone is 1. The molecule has 2 fully saturated rings. The fourth-order valence-electron chi connectivity index (χ4n) is 8.23. The maximum absolute atomic E-state index is 14.0. The number of aromatic nitrogens is 3. The Morgan fingerprint density at radius 2 is 1.63 bits per heavy atom. The lowest BCUT2D eigenvalue weighted by Crippen LogP contribution is -2.55. The van der Waals surface area contributed by atoms with Gasteiger partial charge in [0.25, 0.3) is 11.5 Å². The van der Waals surface area contributed by atoms with Gasteiger partial charge >= 0.3 is 5.69 Å². The highest BCUT2D eigenvalue weighted by Gasteiger charge is 2.43. The van der Waals surface area contributed by atoms with Crippen molar-refractivity contribution in [1.29, 1.82) is 0 Å². The summed E-state index contributed by atoms with van der Waals surface area (Å²) in [5, 5.41) is 7.38. The van der Waals surface area contributed by atoms with Gasteiger partial charge in [-0.2, -0.15) is 0 Å². The highest BCUT2D eigenvalue weighted by atomic mass is 16.2. The van der Waals surface area contributed by atoms with Crippen LogP contribution in [0.3, 0.4) is 0 Å². The summed E-state index contributed by atoms with van der Waals surface area (Å²) in [6.07, 6.45) is 14.7. The second-order valence-corrected chi connectivity index (χ2v) is 13.7. The van der Waals surface area contributed by atoms with Crippen molar-refractivity contribution in [3.8, 4) is 22.4 Å². The molecular weight excluding hydrogens is 614 g/mol. The van der Waals surface area contributed by atoms with E-state index in [0.29, 0.717) is 41.1 Å². The molecule has 0 radical (unpaired) electrons. The van der Waals surface area contributed by atoms with Crippen molar-refractivity contribution in [3.63, 3.8) is 0 Å². The maximum Gasteiger partial charge on any atom is 0.325 e. The van der Waals surface area contributed by atoms with Crippen molar-refractivity contribution in [3.05, 3.63) is 117 Å². The molecule has 9 heteroatoms. The van der Waals surface area contributed by atoms with Crippen LogP contribution >= 0.6 is 0 Å². The molecule has 3 heterocycles. The van der Waals surface area contributed by atoms with Crippen LogP contribution in [0.1, 0.15) is 85.2 Å². The van der Waals surface area contributed by atoms with Crippen LogP contribution in [-0.4, -0.2) is 31.9 Å². The molecule has 3 aromatic carbocycles. The fraction of sp³-hybridized carbons (Fsp3) is 0.300. The lowest BCUT2D eigenvalue weighted by Gasteiger charge is -2.29. The van der Waals surface area contributed by atoms with Gasteiger partial charge in [-0.3, -0.25) is 19.4 Å². The van der Waals surface area contributed by atoms with E-state index in [2.05, 4.69) is 67.7 Å². The maximum atomic E-state index is 14.0. The van der Waals surface area contributed by atoms with E-state index in [1.54, 1.807) is 24.3 Å². The number of rotatable bonds is 6. The zero-order valence-electron chi connectivity index (χ0n) is 27.3. The zero-order valence-corrected chi connectivity index (χ0v) is 27.3. The monoisotopic (exact) mass is 653 g/mol. The standard InChI is InChI=1S/C40H39N5O4/c46-36(44-40(20-6-7-21-40)38(48)42-29-17-14-26(15-18-29)32-24-41-39(49)43-37(32)47)28-16-19-31-33(23-28)45-22-8-12-25-9-4-5-13-30(25)35(45)34(31)27-10-2-1-3-11-27/h4-5,8-9,12-19,23-24,27H,1-3,6-7,10-11,20-22H2,(H,42,48)(H,44,46)(H2,41,43,47,49). The number of carbonyl (C=O) groups is 2. The molecular formula is C40H39N5O4. The minimum atomic E-state index is -1.04. The number of carbonyl (C=O) groups excluding carboxylic acids is 2. The zero-order chi connectivity index (χ0) is 33.5. The van der Waals surface area contributed by atoms with Gasteiger partial charge in [0, 0.05) is 40.5 Å². The average Bonchev–Trinajstić information content (AvgIpc) is 3.67. The molecule has 3 aliphatic rings. The van der Waals surface area contributed by atoms with Crippen molar-refractivity contribution in [2.24, 2.45) is 0 Å².